The summed E-state index contributed by atoms with van der Waals surface area (Å²) in [4.78, 5) is 13.8. The standard InChI is InChI=1S/C7H7NO3/c1-11-6-3-8-7(10)2-5(6)4-9/h2-4H,1H3,(H,8,10). The van der Waals surface area contributed by atoms with Crippen molar-refractivity contribution in [3.05, 3.63) is 17.8 Å². The molecule has 0 aliphatic carbocycles. The van der Waals surface area contributed by atoms with Crippen molar-refractivity contribution < 1.29 is 14.6 Å². The molecule has 1 N–H and O–H groups in total. The average molecular weight is 153 g/mol. The van der Waals surface area contributed by atoms with Gasteiger partial charge in [-0.25, -0.2) is 4.98 Å². The third-order valence-corrected chi connectivity index (χ3v) is 1.23. The second-order valence-electron chi connectivity index (χ2n) is 1.90. The highest BCUT2D eigenvalue weighted by Crippen LogP contribution is 2.17. The first kappa shape index (κ1) is 7.53. The number of carbonyl (C=O) groups is 1. The summed E-state index contributed by atoms with van der Waals surface area (Å²) < 4.78 is 4.79. The number of aromatic hydroxyl groups is 1. The first-order valence-electron chi connectivity index (χ1n) is 2.96. The molecular formula is C7H7NO3. The number of pyridine rings is 1. The molecule has 0 atom stereocenters. The molecule has 0 fully saturated rings. The van der Waals surface area contributed by atoms with E-state index >= 15 is 0 Å². The number of carbonyl (C=O) groups excluding carboxylic acids is 1. The van der Waals surface area contributed by atoms with Gasteiger partial charge in [0.1, 0.15) is 5.75 Å². The van der Waals surface area contributed by atoms with Gasteiger partial charge in [0.15, 0.2) is 6.29 Å². The van der Waals surface area contributed by atoms with Crippen molar-refractivity contribution in [2.75, 3.05) is 7.11 Å². The lowest BCUT2D eigenvalue weighted by molar-refractivity contribution is 0.112. The Kier molecular flexibility index (Phi) is 2.06. The van der Waals surface area contributed by atoms with Crippen LogP contribution in [0.1, 0.15) is 10.4 Å². The Balaban J connectivity index is 3.16. The fraction of sp³-hybridized carbons (Fsp3) is 0.143. The zero-order valence-electron chi connectivity index (χ0n) is 5.94. The van der Waals surface area contributed by atoms with Crippen LogP contribution < -0.4 is 4.74 Å². The van der Waals surface area contributed by atoms with E-state index in [4.69, 9.17) is 9.84 Å². The lowest BCUT2D eigenvalue weighted by Crippen LogP contribution is -1.90. The number of ether oxygens (including phenoxy) is 1. The SMILES string of the molecule is COc1cnc(O)cc1C=O. The number of hydrogen-bond donors (Lipinski definition) is 1. The van der Waals surface area contributed by atoms with E-state index in [0.717, 1.165) is 0 Å². The monoisotopic (exact) mass is 153 g/mol. The minimum absolute atomic E-state index is 0.187. The Bertz CT molecular complexity index is 272. The van der Waals surface area contributed by atoms with Gasteiger partial charge in [0, 0.05) is 6.07 Å². The largest absolute Gasteiger partial charge is 0.494 e. The second-order valence-corrected chi connectivity index (χ2v) is 1.90. The molecule has 0 saturated heterocycles. The van der Waals surface area contributed by atoms with Crippen molar-refractivity contribution in [1.29, 1.82) is 0 Å². The lowest BCUT2D eigenvalue weighted by Gasteiger charge is -2.00. The summed E-state index contributed by atoms with van der Waals surface area (Å²) in [6.45, 7) is 0. The number of rotatable bonds is 2. The van der Waals surface area contributed by atoms with Crippen LogP contribution in [0.2, 0.25) is 0 Å². The minimum Gasteiger partial charge on any atom is -0.494 e. The quantitative estimate of drug-likeness (QED) is 0.632. The maximum Gasteiger partial charge on any atom is 0.211 e. The van der Waals surface area contributed by atoms with E-state index in [1.807, 2.05) is 0 Å². The van der Waals surface area contributed by atoms with E-state index < -0.39 is 0 Å². The zero-order valence-corrected chi connectivity index (χ0v) is 5.94. The van der Waals surface area contributed by atoms with Crippen LogP contribution in [-0.4, -0.2) is 23.5 Å². The topological polar surface area (TPSA) is 59.4 Å². The molecule has 4 nitrogen and oxygen atoms in total. The first-order chi connectivity index (χ1) is 5.27. The smallest absolute Gasteiger partial charge is 0.211 e. The Morgan fingerprint density at radius 2 is 2.45 bits per heavy atom. The van der Waals surface area contributed by atoms with Crippen LogP contribution >= 0.6 is 0 Å². The van der Waals surface area contributed by atoms with Gasteiger partial charge in [-0.15, -0.1) is 0 Å². The summed E-state index contributed by atoms with van der Waals surface area (Å²) in [6, 6.07) is 1.24. The molecule has 0 saturated carbocycles. The molecule has 0 spiro atoms. The van der Waals surface area contributed by atoms with Crippen molar-refractivity contribution in [3.63, 3.8) is 0 Å². The first-order valence-corrected chi connectivity index (χ1v) is 2.96. The Hall–Kier alpha value is -1.58. The summed E-state index contributed by atoms with van der Waals surface area (Å²) >= 11 is 0. The molecule has 0 aliphatic rings. The summed E-state index contributed by atoms with van der Waals surface area (Å²) in [5.41, 5.74) is 0.292. The summed E-state index contributed by atoms with van der Waals surface area (Å²) in [7, 11) is 1.43. The van der Waals surface area contributed by atoms with Gasteiger partial charge in [0.05, 0.1) is 18.9 Å². The number of aromatic nitrogens is 1. The number of nitrogens with zero attached hydrogens (tertiary/aromatic N) is 1. The Morgan fingerprint density at radius 1 is 1.73 bits per heavy atom. The molecule has 1 heterocycles. The maximum atomic E-state index is 10.3. The van der Waals surface area contributed by atoms with E-state index in [2.05, 4.69) is 4.98 Å². The highest BCUT2D eigenvalue weighted by atomic mass is 16.5. The third kappa shape index (κ3) is 1.46. The Labute approximate surface area is 63.5 Å². The van der Waals surface area contributed by atoms with Crippen LogP contribution in [0.25, 0.3) is 0 Å². The fourth-order valence-corrected chi connectivity index (χ4v) is 0.709. The van der Waals surface area contributed by atoms with Gasteiger partial charge >= 0.3 is 0 Å². The van der Waals surface area contributed by atoms with Crippen LogP contribution in [0.3, 0.4) is 0 Å². The molecule has 0 aromatic carbocycles. The second kappa shape index (κ2) is 3.01. The van der Waals surface area contributed by atoms with E-state index in [9.17, 15) is 4.79 Å². The van der Waals surface area contributed by atoms with Gasteiger partial charge < -0.3 is 9.84 Å². The Morgan fingerprint density at radius 3 is 3.00 bits per heavy atom. The summed E-state index contributed by atoms with van der Waals surface area (Å²) in [6.07, 6.45) is 1.89. The van der Waals surface area contributed by atoms with Gasteiger partial charge in [0.2, 0.25) is 5.88 Å². The van der Waals surface area contributed by atoms with Gasteiger partial charge in [-0.3, -0.25) is 4.79 Å². The third-order valence-electron chi connectivity index (χ3n) is 1.23. The minimum atomic E-state index is -0.187. The predicted molar refractivity (Wildman–Crippen MR) is 37.8 cm³/mol. The predicted octanol–water partition coefficient (Wildman–Crippen LogP) is 0.608. The van der Waals surface area contributed by atoms with Gasteiger partial charge in [-0.05, 0) is 0 Å². The fourth-order valence-electron chi connectivity index (χ4n) is 0.709. The van der Waals surface area contributed by atoms with E-state index in [0.29, 0.717) is 17.6 Å². The van der Waals surface area contributed by atoms with Gasteiger partial charge in [-0.2, -0.15) is 0 Å². The maximum absolute atomic E-state index is 10.3. The molecule has 1 aromatic rings. The van der Waals surface area contributed by atoms with Crippen LogP contribution in [0.5, 0.6) is 11.6 Å². The van der Waals surface area contributed by atoms with Crippen molar-refractivity contribution >= 4 is 6.29 Å². The number of hydrogen-bond acceptors (Lipinski definition) is 4. The van der Waals surface area contributed by atoms with Crippen molar-refractivity contribution in [3.8, 4) is 11.6 Å². The molecule has 1 aromatic heterocycles. The van der Waals surface area contributed by atoms with Crippen LogP contribution in [0.15, 0.2) is 12.3 Å². The lowest BCUT2D eigenvalue weighted by atomic mass is 10.3. The molecule has 4 heteroatoms. The molecule has 0 aliphatic heterocycles. The van der Waals surface area contributed by atoms with Crippen LogP contribution in [-0.2, 0) is 0 Å². The van der Waals surface area contributed by atoms with E-state index in [1.165, 1.54) is 19.4 Å². The van der Waals surface area contributed by atoms with E-state index in [-0.39, 0.29) is 5.88 Å². The van der Waals surface area contributed by atoms with Crippen LogP contribution in [0, 0.1) is 0 Å². The van der Waals surface area contributed by atoms with Gasteiger partial charge in [-0.1, -0.05) is 0 Å². The molecule has 0 radical (unpaired) electrons. The zero-order chi connectivity index (χ0) is 8.27. The normalized spacial score (nSPS) is 9.18. The highest BCUT2D eigenvalue weighted by Gasteiger charge is 2.02. The molecule has 58 valence electrons. The molecule has 0 amide bonds. The summed E-state index contributed by atoms with van der Waals surface area (Å²) in [5.74, 6) is 0.172. The number of aldehydes is 1. The summed E-state index contributed by atoms with van der Waals surface area (Å²) in [5, 5.41) is 8.84. The van der Waals surface area contributed by atoms with E-state index in [1.54, 1.807) is 0 Å². The molecular weight excluding hydrogens is 146 g/mol. The molecule has 11 heavy (non-hydrogen) atoms. The average Bonchev–Trinajstić information content (AvgIpc) is 2.04. The van der Waals surface area contributed by atoms with Crippen molar-refractivity contribution in [1.82, 2.24) is 4.98 Å². The molecule has 0 unspecified atom stereocenters. The van der Waals surface area contributed by atoms with Crippen LogP contribution in [0.4, 0.5) is 0 Å². The molecule has 1 rings (SSSR count). The highest BCUT2D eigenvalue weighted by molar-refractivity contribution is 5.79. The molecule has 0 bridgehead atoms. The van der Waals surface area contributed by atoms with Crippen molar-refractivity contribution in [2.45, 2.75) is 0 Å². The van der Waals surface area contributed by atoms with Gasteiger partial charge in [0.25, 0.3) is 0 Å². The van der Waals surface area contributed by atoms with Crippen molar-refractivity contribution in [2.24, 2.45) is 0 Å². The number of methoxy groups -OCH3 is 1.